The predicted molar refractivity (Wildman–Crippen MR) is 109 cm³/mol. The van der Waals surface area contributed by atoms with Gasteiger partial charge in [0, 0.05) is 12.3 Å². The van der Waals surface area contributed by atoms with Crippen molar-refractivity contribution in [2.24, 2.45) is 5.92 Å². The number of nitrogens with zero attached hydrogens (tertiary/aromatic N) is 2. The first-order valence-electron chi connectivity index (χ1n) is 10.2. The molecule has 158 valence electrons. The Morgan fingerprint density at radius 3 is 2.47 bits per heavy atom. The van der Waals surface area contributed by atoms with Gasteiger partial charge in [0.05, 0.1) is 35.8 Å². The quantitative estimate of drug-likeness (QED) is 0.791. The van der Waals surface area contributed by atoms with E-state index in [0.29, 0.717) is 18.0 Å². The molecule has 1 aliphatic carbocycles. The number of halogens is 1. The molecule has 1 saturated heterocycles. The fourth-order valence-corrected chi connectivity index (χ4v) is 6.34. The Bertz CT molecular complexity index is 1080. The lowest BCUT2D eigenvalue weighted by Crippen LogP contribution is -2.70. The molecule has 2 aliphatic heterocycles. The van der Waals surface area contributed by atoms with E-state index in [1.54, 1.807) is 17.0 Å². The van der Waals surface area contributed by atoms with Crippen LogP contribution in [-0.2, 0) is 14.8 Å². The van der Waals surface area contributed by atoms with E-state index >= 15 is 0 Å². The minimum Gasteiger partial charge on any atom is -0.394 e. The maximum Gasteiger partial charge on any atom is 0.264 e. The van der Waals surface area contributed by atoms with E-state index in [1.807, 2.05) is 12.1 Å². The van der Waals surface area contributed by atoms with Gasteiger partial charge in [0.15, 0.2) is 0 Å². The number of sulfonamides is 1. The summed E-state index contributed by atoms with van der Waals surface area (Å²) in [5, 5.41) is 9.99. The van der Waals surface area contributed by atoms with Gasteiger partial charge in [-0.1, -0.05) is 18.2 Å². The summed E-state index contributed by atoms with van der Waals surface area (Å²) in [6.07, 6.45) is 2.54. The fraction of sp³-hybridized carbons (Fsp3) is 0.409. The smallest absolute Gasteiger partial charge is 0.264 e. The largest absolute Gasteiger partial charge is 0.394 e. The Balaban J connectivity index is 1.54. The van der Waals surface area contributed by atoms with E-state index in [4.69, 9.17) is 0 Å². The Hall–Kier alpha value is -2.45. The number of amides is 1. The number of aliphatic hydroxyl groups excluding tert-OH is 1. The second-order valence-electron chi connectivity index (χ2n) is 8.34. The molecule has 0 radical (unpaired) electrons. The minimum absolute atomic E-state index is 0.00559. The van der Waals surface area contributed by atoms with Crippen LogP contribution in [0.1, 0.15) is 30.7 Å². The maximum absolute atomic E-state index is 13.4. The molecule has 3 aliphatic rings. The van der Waals surface area contributed by atoms with Crippen molar-refractivity contribution in [3.8, 4) is 0 Å². The van der Waals surface area contributed by atoms with Gasteiger partial charge in [-0.2, -0.15) is 0 Å². The van der Waals surface area contributed by atoms with Gasteiger partial charge in [0.25, 0.3) is 10.0 Å². The van der Waals surface area contributed by atoms with E-state index in [0.717, 1.165) is 30.5 Å². The second-order valence-corrected chi connectivity index (χ2v) is 10.2. The van der Waals surface area contributed by atoms with Gasteiger partial charge in [-0.25, -0.2) is 12.8 Å². The molecule has 8 heteroatoms. The number of aliphatic hydroxyl groups is 1. The molecule has 5 rings (SSSR count). The lowest BCUT2D eigenvalue weighted by molar-refractivity contribution is -0.150. The van der Waals surface area contributed by atoms with Crippen LogP contribution in [0, 0.1) is 11.7 Å². The first-order valence-corrected chi connectivity index (χ1v) is 11.6. The Morgan fingerprint density at radius 1 is 1.10 bits per heavy atom. The number of benzene rings is 2. The van der Waals surface area contributed by atoms with Gasteiger partial charge in [-0.05, 0) is 54.7 Å². The molecule has 0 spiro atoms. The van der Waals surface area contributed by atoms with Crippen molar-refractivity contribution < 1.29 is 22.7 Å². The first kappa shape index (κ1) is 19.5. The highest BCUT2D eigenvalue weighted by molar-refractivity contribution is 7.92. The standard InChI is InChI=1S/C22H23FN2O4S/c23-15-7-9-16(10-8-15)30(28,29)24-12-19-22(17-3-1-2-4-18(17)24)20(13-26)25(19)21(27)11-14-5-6-14/h1-4,7-10,14,19-20,22,26H,5-6,11-13H2/t19-,20+,22+/m0/s1. The molecule has 3 atom stereocenters. The van der Waals surface area contributed by atoms with Crippen molar-refractivity contribution >= 4 is 21.6 Å². The summed E-state index contributed by atoms with van der Waals surface area (Å²) < 4.78 is 41.5. The molecule has 2 aromatic rings. The number of likely N-dealkylation sites (tertiary alicyclic amines) is 1. The molecule has 0 aromatic heterocycles. The molecule has 1 saturated carbocycles. The van der Waals surface area contributed by atoms with E-state index in [2.05, 4.69) is 0 Å². The lowest BCUT2D eigenvalue weighted by Gasteiger charge is -2.59. The zero-order valence-electron chi connectivity index (χ0n) is 16.3. The summed E-state index contributed by atoms with van der Waals surface area (Å²) in [6.45, 7) is -0.0368. The van der Waals surface area contributed by atoms with Crippen LogP contribution in [-0.4, -0.2) is 49.6 Å². The number of para-hydroxylation sites is 1. The third kappa shape index (κ3) is 3.01. The van der Waals surface area contributed by atoms with Crippen molar-refractivity contribution in [3.63, 3.8) is 0 Å². The SMILES string of the molecule is O=C(CC1CC1)N1[C@H](CO)[C@@H]2c3ccccc3N(S(=O)(=O)c3ccc(F)cc3)C[C@@H]21. The van der Waals surface area contributed by atoms with Crippen LogP contribution >= 0.6 is 0 Å². The molecule has 6 nitrogen and oxygen atoms in total. The van der Waals surface area contributed by atoms with Crippen molar-refractivity contribution in [2.45, 2.75) is 42.2 Å². The van der Waals surface area contributed by atoms with E-state index in [-0.39, 0.29) is 42.0 Å². The van der Waals surface area contributed by atoms with Crippen LogP contribution < -0.4 is 4.31 Å². The normalized spacial score (nSPS) is 25.3. The Labute approximate surface area is 175 Å². The summed E-state index contributed by atoms with van der Waals surface area (Å²) in [5.41, 5.74) is 1.37. The Kier molecular flexibility index (Phi) is 4.59. The third-order valence-corrected chi connectivity index (χ3v) is 8.29. The number of carbonyl (C=O) groups excluding carboxylic acids is 1. The third-order valence-electron chi connectivity index (χ3n) is 6.50. The molecule has 30 heavy (non-hydrogen) atoms. The summed E-state index contributed by atoms with van der Waals surface area (Å²) in [6, 6.07) is 11.3. The van der Waals surface area contributed by atoms with Gasteiger partial charge in [0.2, 0.25) is 5.91 Å². The number of fused-ring (bicyclic) bond motifs is 3. The average Bonchev–Trinajstić information content (AvgIpc) is 3.52. The van der Waals surface area contributed by atoms with Gasteiger partial charge in [-0.3, -0.25) is 9.10 Å². The maximum atomic E-state index is 13.4. The minimum atomic E-state index is -3.93. The van der Waals surface area contributed by atoms with Gasteiger partial charge < -0.3 is 10.0 Å². The highest BCUT2D eigenvalue weighted by Crippen LogP contribution is 2.50. The molecule has 1 amide bonds. The summed E-state index contributed by atoms with van der Waals surface area (Å²) in [5.74, 6) is -0.217. The van der Waals surface area contributed by atoms with Crippen molar-refractivity contribution in [3.05, 3.63) is 59.9 Å². The first-order chi connectivity index (χ1) is 14.4. The number of anilines is 1. The molecule has 0 unspecified atom stereocenters. The molecule has 2 aromatic carbocycles. The topological polar surface area (TPSA) is 77.9 Å². The zero-order chi connectivity index (χ0) is 21.0. The Morgan fingerprint density at radius 2 is 1.80 bits per heavy atom. The summed E-state index contributed by atoms with van der Waals surface area (Å²) >= 11 is 0. The predicted octanol–water partition coefficient (Wildman–Crippen LogP) is 2.49. The van der Waals surface area contributed by atoms with E-state index in [9.17, 15) is 22.7 Å². The summed E-state index contributed by atoms with van der Waals surface area (Å²) in [7, 11) is -3.93. The summed E-state index contributed by atoms with van der Waals surface area (Å²) in [4.78, 5) is 14.6. The van der Waals surface area contributed by atoms with Crippen LogP contribution in [0.3, 0.4) is 0 Å². The van der Waals surface area contributed by atoms with Crippen LogP contribution in [0.25, 0.3) is 0 Å². The molecule has 1 N–H and O–H groups in total. The van der Waals surface area contributed by atoms with Crippen LogP contribution in [0.15, 0.2) is 53.4 Å². The molecule has 2 heterocycles. The van der Waals surface area contributed by atoms with Crippen LogP contribution in [0.5, 0.6) is 0 Å². The second kappa shape index (κ2) is 7.06. The molecular formula is C22H23FN2O4S. The number of hydrogen-bond acceptors (Lipinski definition) is 4. The number of rotatable bonds is 5. The lowest BCUT2D eigenvalue weighted by atomic mass is 9.72. The average molecular weight is 431 g/mol. The zero-order valence-corrected chi connectivity index (χ0v) is 17.1. The number of carbonyl (C=O) groups is 1. The van der Waals surface area contributed by atoms with Crippen molar-refractivity contribution in [1.29, 1.82) is 0 Å². The van der Waals surface area contributed by atoms with Gasteiger partial charge in [-0.15, -0.1) is 0 Å². The fourth-order valence-electron chi connectivity index (χ4n) is 4.83. The van der Waals surface area contributed by atoms with Crippen LogP contribution in [0.2, 0.25) is 0 Å². The molecule has 0 bridgehead atoms. The number of hydrogen-bond donors (Lipinski definition) is 1. The molecular weight excluding hydrogens is 407 g/mol. The van der Waals surface area contributed by atoms with Crippen LogP contribution in [0.4, 0.5) is 10.1 Å². The van der Waals surface area contributed by atoms with E-state index in [1.165, 1.54) is 16.4 Å². The molecule has 2 fully saturated rings. The highest BCUT2D eigenvalue weighted by Gasteiger charge is 2.56. The van der Waals surface area contributed by atoms with E-state index < -0.39 is 15.8 Å². The van der Waals surface area contributed by atoms with Crippen molar-refractivity contribution in [2.75, 3.05) is 17.5 Å². The highest BCUT2D eigenvalue weighted by atomic mass is 32.2. The van der Waals surface area contributed by atoms with Crippen molar-refractivity contribution in [1.82, 2.24) is 4.90 Å². The van der Waals surface area contributed by atoms with Gasteiger partial charge in [0.1, 0.15) is 5.82 Å². The van der Waals surface area contributed by atoms with Gasteiger partial charge >= 0.3 is 0 Å². The monoisotopic (exact) mass is 430 g/mol.